The Morgan fingerprint density at radius 2 is 2.24 bits per heavy atom. The Morgan fingerprint density at radius 3 is 3.00 bits per heavy atom. The average Bonchev–Trinajstić information content (AvgIpc) is 2.37. The van der Waals surface area contributed by atoms with Crippen LogP contribution in [0.4, 0.5) is 0 Å². The van der Waals surface area contributed by atoms with E-state index >= 15 is 0 Å². The molecule has 0 saturated carbocycles. The summed E-state index contributed by atoms with van der Waals surface area (Å²) >= 11 is 0. The fourth-order valence-electron chi connectivity index (χ4n) is 1.60. The fourth-order valence-corrected chi connectivity index (χ4v) is 1.60. The van der Waals surface area contributed by atoms with Gasteiger partial charge in [0.1, 0.15) is 13.2 Å². The molecule has 1 aromatic carbocycles. The van der Waals surface area contributed by atoms with E-state index in [1.54, 1.807) is 25.1 Å². The lowest BCUT2D eigenvalue weighted by atomic mass is 10.1. The molecule has 1 amide bonds. The summed E-state index contributed by atoms with van der Waals surface area (Å²) in [5, 5.41) is 11.6. The second kappa shape index (κ2) is 5.05. The SMILES string of the molecule is C[C@H](CO)NC(=O)c1cccc2c1OCCO2. The predicted molar refractivity (Wildman–Crippen MR) is 61.4 cm³/mol. The van der Waals surface area contributed by atoms with Crippen LogP contribution in [0.25, 0.3) is 0 Å². The van der Waals surface area contributed by atoms with Gasteiger partial charge in [0.25, 0.3) is 5.91 Å². The van der Waals surface area contributed by atoms with Gasteiger partial charge in [0.2, 0.25) is 0 Å². The van der Waals surface area contributed by atoms with E-state index < -0.39 is 0 Å². The topological polar surface area (TPSA) is 67.8 Å². The van der Waals surface area contributed by atoms with Gasteiger partial charge < -0.3 is 19.9 Å². The van der Waals surface area contributed by atoms with Gasteiger partial charge in [-0.05, 0) is 19.1 Å². The van der Waals surface area contributed by atoms with Gasteiger partial charge >= 0.3 is 0 Å². The summed E-state index contributed by atoms with van der Waals surface area (Å²) in [6.45, 7) is 2.56. The van der Waals surface area contributed by atoms with Crippen molar-refractivity contribution in [3.8, 4) is 11.5 Å². The van der Waals surface area contributed by atoms with E-state index in [9.17, 15) is 4.79 Å². The number of carbonyl (C=O) groups excluding carboxylic acids is 1. The van der Waals surface area contributed by atoms with Crippen LogP contribution in [0.15, 0.2) is 18.2 Å². The summed E-state index contributed by atoms with van der Waals surface area (Å²) in [6.07, 6.45) is 0. The monoisotopic (exact) mass is 237 g/mol. The van der Waals surface area contributed by atoms with E-state index in [1.807, 2.05) is 0 Å². The molecule has 0 fully saturated rings. The molecule has 0 aromatic heterocycles. The molecule has 1 aliphatic heterocycles. The molecule has 2 rings (SSSR count). The number of rotatable bonds is 3. The molecule has 5 heteroatoms. The third-order valence-electron chi connectivity index (χ3n) is 2.46. The van der Waals surface area contributed by atoms with E-state index in [1.165, 1.54) is 0 Å². The van der Waals surface area contributed by atoms with Crippen molar-refractivity contribution < 1.29 is 19.4 Å². The summed E-state index contributed by atoms with van der Waals surface area (Å²) < 4.78 is 10.8. The van der Waals surface area contributed by atoms with Gasteiger partial charge in [-0.2, -0.15) is 0 Å². The van der Waals surface area contributed by atoms with Crippen molar-refractivity contribution in [1.82, 2.24) is 5.32 Å². The van der Waals surface area contributed by atoms with Gasteiger partial charge in [-0.25, -0.2) is 0 Å². The van der Waals surface area contributed by atoms with Gasteiger partial charge in [-0.3, -0.25) is 4.79 Å². The van der Waals surface area contributed by atoms with Gasteiger partial charge in [-0.1, -0.05) is 6.07 Å². The average molecular weight is 237 g/mol. The van der Waals surface area contributed by atoms with E-state index in [2.05, 4.69) is 5.32 Å². The van der Waals surface area contributed by atoms with E-state index in [-0.39, 0.29) is 18.6 Å². The molecular weight excluding hydrogens is 222 g/mol. The fraction of sp³-hybridized carbons (Fsp3) is 0.417. The van der Waals surface area contributed by atoms with Crippen molar-refractivity contribution in [2.45, 2.75) is 13.0 Å². The number of aliphatic hydroxyl groups is 1. The van der Waals surface area contributed by atoms with Crippen LogP contribution < -0.4 is 14.8 Å². The first kappa shape index (κ1) is 11.7. The first-order valence-electron chi connectivity index (χ1n) is 5.52. The minimum Gasteiger partial charge on any atom is -0.486 e. The van der Waals surface area contributed by atoms with Crippen molar-refractivity contribution in [3.63, 3.8) is 0 Å². The largest absolute Gasteiger partial charge is 0.486 e. The lowest BCUT2D eigenvalue weighted by Crippen LogP contribution is -2.35. The van der Waals surface area contributed by atoms with Crippen LogP contribution in [-0.2, 0) is 0 Å². The van der Waals surface area contributed by atoms with Gasteiger partial charge in [0.15, 0.2) is 11.5 Å². The Balaban J connectivity index is 2.23. The molecule has 0 aliphatic carbocycles. The van der Waals surface area contributed by atoms with Gasteiger partial charge in [0, 0.05) is 6.04 Å². The van der Waals surface area contributed by atoms with Crippen LogP contribution in [0.3, 0.4) is 0 Å². The quantitative estimate of drug-likeness (QED) is 0.806. The van der Waals surface area contributed by atoms with Crippen molar-refractivity contribution in [2.75, 3.05) is 19.8 Å². The Bertz CT molecular complexity index is 419. The number of hydrogen-bond acceptors (Lipinski definition) is 4. The number of ether oxygens (including phenoxy) is 2. The maximum absolute atomic E-state index is 11.9. The molecule has 0 saturated heterocycles. The first-order chi connectivity index (χ1) is 8.22. The molecule has 5 nitrogen and oxygen atoms in total. The lowest BCUT2D eigenvalue weighted by molar-refractivity contribution is 0.0911. The lowest BCUT2D eigenvalue weighted by Gasteiger charge is -2.21. The molecule has 1 aliphatic rings. The van der Waals surface area contributed by atoms with E-state index in [0.717, 1.165) is 0 Å². The van der Waals surface area contributed by atoms with Gasteiger partial charge in [-0.15, -0.1) is 0 Å². The number of aliphatic hydroxyl groups excluding tert-OH is 1. The van der Waals surface area contributed by atoms with Crippen molar-refractivity contribution in [1.29, 1.82) is 0 Å². The van der Waals surface area contributed by atoms with Crippen molar-refractivity contribution in [3.05, 3.63) is 23.8 Å². The maximum Gasteiger partial charge on any atom is 0.255 e. The Hall–Kier alpha value is -1.75. The van der Waals surface area contributed by atoms with Crippen LogP contribution in [0.5, 0.6) is 11.5 Å². The molecule has 17 heavy (non-hydrogen) atoms. The molecule has 92 valence electrons. The molecule has 0 unspecified atom stereocenters. The minimum atomic E-state index is -0.289. The highest BCUT2D eigenvalue weighted by Gasteiger charge is 2.20. The summed E-state index contributed by atoms with van der Waals surface area (Å²) in [5.74, 6) is 0.788. The van der Waals surface area contributed by atoms with Crippen LogP contribution >= 0.6 is 0 Å². The summed E-state index contributed by atoms with van der Waals surface area (Å²) in [7, 11) is 0. The first-order valence-corrected chi connectivity index (χ1v) is 5.52. The molecule has 1 heterocycles. The molecule has 0 spiro atoms. The van der Waals surface area contributed by atoms with Crippen molar-refractivity contribution in [2.24, 2.45) is 0 Å². The zero-order valence-corrected chi connectivity index (χ0v) is 9.60. The summed E-state index contributed by atoms with van der Waals surface area (Å²) in [6, 6.07) is 4.89. The second-order valence-electron chi connectivity index (χ2n) is 3.89. The standard InChI is InChI=1S/C12H15NO4/c1-8(7-14)13-12(15)9-3-2-4-10-11(9)17-6-5-16-10/h2-4,8,14H,5-7H2,1H3,(H,13,15)/t8-/m1/s1. The Morgan fingerprint density at radius 1 is 1.47 bits per heavy atom. The highest BCUT2D eigenvalue weighted by molar-refractivity contribution is 5.98. The van der Waals surface area contributed by atoms with E-state index in [4.69, 9.17) is 14.6 Å². The minimum absolute atomic E-state index is 0.0991. The maximum atomic E-state index is 11.9. The smallest absolute Gasteiger partial charge is 0.255 e. The molecule has 1 aromatic rings. The number of fused-ring (bicyclic) bond motifs is 1. The van der Waals surface area contributed by atoms with Crippen LogP contribution in [0.2, 0.25) is 0 Å². The number of carbonyl (C=O) groups is 1. The molecule has 2 N–H and O–H groups in total. The second-order valence-corrected chi connectivity index (χ2v) is 3.89. The Labute approximate surface area is 99.3 Å². The highest BCUT2D eigenvalue weighted by atomic mass is 16.6. The predicted octanol–water partition coefficient (Wildman–Crippen LogP) is 0.568. The number of benzene rings is 1. The number of para-hydroxylation sites is 1. The summed E-state index contributed by atoms with van der Waals surface area (Å²) in [4.78, 5) is 11.9. The van der Waals surface area contributed by atoms with E-state index in [0.29, 0.717) is 30.3 Å². The normalized spacial score (nSPS) is 15.2. The third-order valence-corrected chi connectivity index (χ3v) is 2.46. The number of hydrogen-bond donors (Lipinski definition) is 2. The third kappa shape index (κ3) is 2.50. The Kier molecular flexibility index (Phi) is 3.49. The highest BCUT2D eigenvalue weighted by Crippen LogP contribution is 2.33. The number of amides is 1. The van der Waals surface area contributed by atoms with Crippen molar-refractivity contribution >= 4 is 5.91 Å². The molecule has 0 radical (unpaired) electrons. The zero-order valence-electron chi connectivity index (χ0n) is 9.60. The number of nitrogens with one attached hydrogen (secondary N) is 1. The van der Waals surface area contributed by atoms with Crippen LogP contribution in [-0.4, -0.2) is 36.9 Å². The van der Waals surface area contributed by atoms with Crippen LogP contribution in [0.1, 0.15) is 17.3 Å². The van der Waals surface area contributed by atoms with Gasteiger partial charge in [0.05, 0.1) is 12.2 Å². The molecule has 1 atom stereocenters. The zero-order chi connectivity index (χ0) is 12.3. The summed E-state index contributed by atoms with van der Waals surface area (Å²) in [5.41, 5.74) is 0.433. The molecule has 0 bridgehead atoms. The van der Waals surface area contributed by atoms with Crippen LogP contribution in [0, 0.1) is 0 Å². The molecular formula is C12H15NO4.